The molecule has 0 saturated carbocycles. The molecule has 4 aromatic rings. The Morgan fingerprint density at radius 2 is 1.70 bits per heavy atom. The molecule has 0 bridgehead atoms. The molecule has 4 aliphatic rings. The van der Waals surface area contributed by atoms with Crippen molar-refractivity contribution in [1.82, 2.24) is 30.0 Å². The zero-order chi connectivity index (χ0) is 46.7. The summed E-state index contributed by atoms with van der Waals surface area (Å²) in [7, 11) is 1.02. The minimum Gasteiger partial charge on any atom is -0.497 e. The third kappa shape index (κ3) is 10.1. The molecule has 5 heterocycles. The summed E-state index contributed by atoms with van der Waals surface area (Å²) in [5.74, 6) is 1.41. The molecule has 0 spiro atoms. The lowest BCUT2D eigenvalue weighted by Gasteiger charge is -2.43. The van der Waals surface area contributed by atoms with E-state index in [1.165, 1.54) is 20.4 Å². The zero-order valence-electron chi connectivity index (χ0n) is 37.9. The number of amides is 3. The number of carbonyl (C=O) groups excluding carboxylic acids is 3. The molecule has 0 aliphatic carbocycles. The lowest BCUT2D eigenvalue weighted by Crippen LogP contribution is -2.53. The van der Waals surface area contributed by atoms with Crippen LogP contribution in [0.1, 0.15) is 54.1 Å². The molecule has 1 atom stereocenters. The van der Waals surface area contributed by atoms with Gasteiger partial charge in [-0.2, -0.15) is 4.98 Å². The molecule has 1 unspecified atom stereocenters. The van der Waals surface area contributed by atoms with Crippen molar-refractivity contribution < 1.29 is 37.0 Å². The Balaban J connectivity index is 0.839. The largest absolute Gasteiger partial charge is 0.497 e. The number of rotatable bonds is 16. The van der Waals surface area contributed by atoms with Gasteiger partial charge in [-0.25, -0.2) is 13.4 Å². The lowest BCUT2D eigenvalue weighted by molar-refractivity contribution is -0.136. The van der Waals surface area contributed by atoms with Crippen LogP contribution < -0.4 is 39.4 Å². The number of nitrogens with one attached hydrogen (secondary N) is 3. The molecule has 18 nitrogen and oxygen atoms in total. The first-order valence-corrected chi connectivity index (χ1v) is 24.5. The number of anilines is 6. The highest BCUT2D eigenvalue weighted by atomic mass is 35.5. The number of piperidine rings is 2. The summed E-state index contributed by atoms with van der Waals surface area (Å²) < 4.78 is 43.6. The topological polar surface area (TPSA) is 191 Å². The molecule has 3 N–H and O–H groups in total. The molecular weight excluding hydrogens is 888 g/mol. The highest BCUT2D eigenvalue weighted by Gasteiger charge is 2.40. The number of aryl methyl sites for hydroxylation is 1. The lowest BCUT2D eigenvalue weighted by atomic mass is 9.99. The molecule has 20 heteroatoms. The molecule has 3 amide bonds. The quantitative estimate of drug-likeness (QED) is 0.127. The van der Waals surface area contributed by atoms with Gasteiger partial charge in [0.05, 0.1) is 50.3 Å². The molecule has 0 radical (unpaired) electrons. The van der Waals surface area contributed by atoms with Crippen molar-refractivity contribution in [1.29, 1.82) is 0 Å². The van der Waals surface area contributed by atoms with Crippen molar-refractivity contribution in [3.63, 3.8) is 0 Å². The van der Waals surface area contributed by atoms with Crippen LogP contribution in [0.15, 0.2) is 54.7 Å². The molecule has 352 valence electrons. The average Bonchev–Trinajstić information content (AvgIpc) is 3.65. The number of carbonyl (C=O) groups is 3. The number of hydrogen-bond acceptors (Lipinski definition) is 15. The van der Waals surface area contributed by atoms with Crippen LogP contribution in [0.5, 0.6) is 17.2 Å². The number of ether oxygens (including phenoxy) is 3. The number of fused-ring (bicyclic) bond motifs is 1. The van der Waals surface area contributed by atoms with Crippen LogP contribution >= 0.6 is 11.6 Å². The Morgan fingerprint density at radius 1 is 0.924 bits per heavy atom. The number of benzene rings is 3. The van der Waals surface area contributed by atoms with Crippen LogP contribution in [0.2, 0.25) is 5.02 Å². The number of piperazine rings is 1. The van der Waals surface area contributed by atoms with E-state index in [1.807, 2.05) is 12.1 Å². The molecule has 3 aromatic carbocycles. The van der Waals surface area contributed by atoms with Crippen LogP contribution in [-0.2, 0) is 32.6 Å². The Morgan fingerprint density at radius 3 is 2.39 bits per heavy atom. The summed E-state index contributed by atoms with van der Waals surface area (Å²) in [5, 5.41) is 9.10. The second-order valence-electron chi connectivity index (χ2n) is 16.9. The first-order chi connectivity index (χ1) is 31.7. The van der Waals surface area contributed by atoms with E-state index >= 15 is 0 Å². The number of halogens is 1. The number of hydrogen-bond donors (Lipinski definition) is 3. The van der Waals surface area contributed by atoms with E-state index in [4.69, 9.17) is 25.8 Å². The van der Waals surface area contributed by atoms with Crippen molar-refractivity contribution in [3.05, 3.63) is 76.4 Å². The van der Waals surface area contributed by atoms with Crippen molar-refractivity contribution in [2.45, 2.75) is 57.7 Å². The van der Waals surface area contributed by atoms with Gasteiger partial charge in [-0.1, -0.05) is 24.6 Å². The van der Waals surface area contributed by atoms with Gasteiger partial charge in [0.2, 0.25) is 27.8 Å². The Hall–Kier alpha value is -5.89. The number of imide groups is 1. The summed E-state index contributed by atoms with van der Waals surface area (Å²) >= 11 is 6.56. The van der Waals surface area contributed by atoms with E-state index in [2.05, 4.69) is 59.7 Å². The van der Waals surface area contributed by atoms with Crippen LogP contribution in [0.4, 0.5) is 34.5 Å². The molecule has 3 fully saturated rings. The molecule has 1 aromatic heterocycles. The summed E-state index contributed by atoms with van der Waals surface area (Å²) in [5.41, 5.74) is 5.15. The first kappa shape index (κ1) is 46.6. The third-order valence-electron chi connectivity index (χ3n) is 13.0. The van der Waals surface area contributed by atoms with Crippen LogP contribution in [-0.4, -0.2) is 143 Å². The van der Waals surface area contributed by atoms with Crippen molar-refractivity contribution in [3.8, 4) is 17.2 Å². The van der Waals surface area contributed by atoms with E-state index in [-0.39, 0.29) is 41.6 Å². The molecule has 8 rings (SSSR count). The average molecular weight is 946 g/mol. The minimum absolute atomic E-state index is 0.204. The summed E-state index contributed by atoms with van der Waals surface area (Å²) in [6, 6.07) is 14.5. The fourth-order valence-electron chi connectivity index (χ4n) is 9.21. The number of methoxy groups -OCH3 is 2. The van der Waals surface area contributed by atoms with Crippen molar-refractivity contribution in [2.24, 2.45) is 0 Å². The monoisotopic (exact) mass is 944 g/mol. The smallest absolute Gasteiger partial charge is 0.255 e. The van der Waals surface area contributed by atoms with E-state index in [1.54, 1.807) is 36.3 Å². The van der Waals surface area contributed by atoms with Gasteiger partial charge < -0.3 is 34.6 Å². The SMILES string of the molecule is CCc1cc(Nc2ncc(Cl)c(Nc3ccc(OC)cc3N(C)S(C)(=O)=O)n2)c(OC)cc1N1CCC(N2CCN(CCOc3cccc4c3CN(C3CCC(=O)NC3=O)C4=O)CC2)CC1. The van der Waals surface area contributed by atoms with Crippen molar-refractivity contribution in [2.75, 3.05) is 99.8 Å². The summed E-state index contributed by atoms with van der Waals surface area (Å²) in [6.45, 7) is 9.38. The maximum Gasteiger partial charge on any atom is 0.255 e. The van der Waals surface area contributed by atoms with Gasteiger partial charge >= 0.3 is 0 Å². The van der Waals surface area contributed by atoms with Gasteiger partial charge in [-0.15, -0.1) is 0 Å². The van der Waals surface area contributed by atoms with E-state index < -0.39 is 22.0 Å². The Bertz CT molecular complexity index is 2590. The Labute approximate surface area is 390 Å². The number of nitrogens with zero attached hydrogens (tertiary/aromatic N) is 7. The highest BCUT2D eigenvalue weighted by Crippen LogP contribution is 2.39. The van der Waals surface area contributed by atoms with E-state index in [0.717, 1.165) is 92.5 Å². The molecule has 66 heavy (non-hydrogen) atoms. The van der Waals surface area contributed by atoms with Gasteiger partial charge in [0, 0.05) is 94.3 Å². The standard InChI is InChI=1S/C46H57ClN10O8S/c1-6-29-24-36(50-46-48-27-34(47)43(52-46)49-35-11-10-31(63-3)25-39(35)53(2)66(5,61)62)41(64-4)26-38(29)56-16-14-30(15-17-56)55-20-18-54(19-21-55)22-23-65-40-9-7-8-32-33(40)28-57(45(32)60)37-12-13-42(58)51-44(37)59/h7-11,24-27,30,37H,6,12-23,28H2,1-5H3,(H,51,58,59)(H2,48,49,50,52). The Kier molecular flexibility index (Phi) is 14.1. The van der Waals surface area contributed by atoms with Crippen molar-refractivity contribution >= 4 is 73.9 Å². The van der Waals surface area contributed by atoms with Gasteiger partial charge in [-0.05, 0) is 61.6 Å². The first-order valence-electron chi connectivity index (χ1n) is 22.2. The van der Waals surface area contributed by atoms with Gasteiger partial charge in [0.15, 0.2) is 5.82 Å². The normalized spacial score (nSPS) is 18.5. The summed E-state index contributed by atoms with van der Waals surface area (Å²) in [6.07, 6.45) is 6.04. The fraction of sp³-hybridized carbons (Fsp3) is 0.457. The van der Waals surface area contributed by atoms with Gasteiger partial charge in [0.1, 0.15) is 34.9 Å². The maximum atomic E-state index is 13.2. The third-order valence-corrected chi connectivity index (χ3v) is 14.5. The van der Waals surface area contributed by atoms with Gasteiger partial charge in [0.25, 0.3) is 5.91 Å². The summed E-state index contributed by atoms with van der Waals surface area (Å²) in [4.78, 5) is 55.6. The van der Waals surface area contributed by atoms with Crippen LogP contribution in [0, 0.1) is 0 Å². The predicted molar refractivity (Wildman–Crippen MR) is 253 cm³/mol. The second kappa shape index (κ2) is 19.9. The van der Waals surface area contributed by atoms with Gasteiger partial charge in [-0.3, -0.25) is 33.8 Å². The van der Waals surface area contributed by atoms with E-state index in [0.29, 0.717) is 58.9 Å². The molecule has 4 aliphatic heterocycles. The molecule has 3 saturated heterocycles. The maximum absolute atomic E-state index is 13.2. The van der Waals surface area contributed by atoms with Crippen LogP contribution in [0.3, 0.4) is 0 Å². The number of aromatic nitrogens is 2. The fourth-order valence-corrected chi connectivity index (χ4v) is 9.85. The van der Waals surface area contributed by atoms with Crippen LogP contribution in [0.25, 0.3) is 0 Å². The minimum atomic E-state index is -3.59. The second-order valence-corrected chi connectivity index (χ2v) is 19.3. The molecular formula is C46H57ClN10O8S. The van der Waals surface area contributed by atoms with E-state index in [9.17, 15) is 22.8 Å². The predicted octanol–water partition coefficient (Wildman–Crippen LogP) is 5.02. The number of sulfonamides is 1. The highest BCUT2D eigenvalue weighted by molar-refractivity contribution is 7.92. The zero-order valence-corrected chi connectivity index (χ0v) is 39.5.